The van der Waals surface area contributed by atoms with E-state index < -0.39 is 0 Å². The molecule has 0 atom stereocenters. The average Bonchev–Trinajstić information content (AvgIpc) is 2.40. The van der Waals surface area contributed by atoms with Crippen molar-refractivity contribution in [3.8, 4) is 6.01 Å². The van der Waals surface area contributed by atoms with Gasteiger partial charge in [-0.15, -0.1) is 0 Å². The van der Waals surface area contributed by atoms with Crippen LogP contribution in [-0.2, 0) is 4.74 Å². The van der Waals surface area contributed by atoms with Gasteiger partial charge in [-0.1, -0.05) is 23.8 Å². The maximum absolute atomic E-state index is 6.12. The van der Waals surface area contributed by atoms with Gasteiger partial charge in [-0.25, -0.2) is 4.98 Å². The van der Waals surface area contributed by atoms with E-state index >= 15 is 0 Å². The number of aromatic nitrogens is 2. The Morgan fingerprint density at radius 2 is 2.21 bits per heavy atom. The monoisotopic (exact) mass is 304 g/mol. The summed E-state index contributed by atoms with van der Waals surface area (Å²) in [5.74, 6) is 0.585. The summed E-state index contributed by atoms with van der Waals surface area (Å²) in [7, 11) is 3.13. The second kappa shape index (κ2) is 8.08. The lowest BCUT2D eigenvalue weighted by Crippen LogP contribution is -2.31. The molecule has 0 fully saturated rings. The Morgan fingerprint density at radius 1 is 1.47 bits per heavy atom. The summed E-state index contributed by atoms with van der Waals surface area (Å²) >= 11 is 11.0. The van der Waals surface area contributed by atoms with Crippen LogP contribution >= 0.6 is 23.8 Å². The van der Waals surface area contributed by atoms with Crippen LogP contribution in [0.5, 0.6) is 6.01 Å². The van der Waals surface area contributed by atoms with Crippen molar-refractivity contribution in [3.05, 3.63) is 11.2 Å². The van der Waals surface area contributed by atoms with Crippen molar-refractivity contribution < 1.29 is 9.47 Å². The standard InChI is InChI=1S/C11H17ClN4O2S/c1-17-6-5-16(4-3-9(13)19)10-8(12)7-14-11(15-10)18-2/h7H,3-6H2,1-2H3,(H2,13,19). The van der Waals surface area contributed by atoms with Gasteiger partial charge in [-0.05, 0) is 0 Å². The lowest BCUT2D eigenvalue weighted by Gasteiger charge is -2.24. The number of hydrogen-bond acceptors (Lipinski definition) is 6. The number of rotatable bonds is 8. The molecule has 0 saturated carbocycles. The van der Waals surface area contributed by atoms with Crippen LogP contribution in [0, 0.1) is 0 Å². The first-order chi connectivity index (χ1) is 9.08. The third-order valence-corrected chi connectivity index (χ3v) is 2.85. The van der Waals surface area contributed by atoms with Gasteiger partial charge in [0.15, 0.2) is 5.82 Å². The van der Waals surface area contributed by atoms with Gasteiger partial charge in [-0.3, -0.25) is 0 Å². The highest BCUT2D eigenvalue weighted by Gasteiger charge is 2.14. The highest BCUT2D eigenvalue weighted by molar-refractivity contribution is 7.80. The molecule has 19 heavy (non-hydrogen) atoms. The zero-order chi connectivity index (χ0) is 14.3. The third-order valence-electron chi connectivity index (χ3n) is 2.38. The molecule has 1 aromatic rings. The van der Waals surface area contributed by atoms with E-state index in [4.69, 9.17) is 39.0 Å². The molecule has 0 radical (unpaired) electrons. The van der Waals surface area contributed by atoms with E-state index in [-0.39, 0.29) is 6.01 Å². The molecule has 6 nitrogen and oxygen atoms in total. The number of halogens is 1. The molecular weight excluding hydrogens is 288 g/mol. The van der Waals surface area contributed by atoms with E-state index in [1.807, 2.05) is 4.90 Å². The van der Waals surface area contributed by atoms with Crippen molar-refractivity contribution >= 4 is 34.6 Å². The maximum Gasteiger partial charge on any atom is 0.318 e. The number of nitrogens with zero attached hydrogens (tertiary/aromatic N) is 3. The van der Waals surface area contributed by atoms with Gasteiger partial charge in [0.25, 0.3) is 0 Å². The second-order valence-electron chi connectivity index (χ2n) is 3.72. The molecule has 1 aromatic heterocycles. The minimum absolute atomic E-state index is 0.261. The Balaban J connectivity index is 2.90. The Morgan fingerprint density at radius 3 is 2.79 bits per heavy atom. The van der Waals surface area contributed by atoms with E-state index in [1.54, 1.807) is 7.11 Å². The number of thiocarbonyl (C=S) groups is 1. The number of ether oxygens (including phenoxy) is 2. The number of anilines is 1. The van der Waals surface area contributed by atoms with Gasteiger partial charge in [0, 0.05) is 26.6 Å². The SMILES string of the molecule is COCCN(CCC(N)=S)c1nc(OC)ncc1Cl. The predicted molar refractivity (Wildman–Crippen MR) is 79.1 cm³/mol. The van der Waals surface area contributed by atoms with Crippen molar-refractivity contribution in [2.75, 3.05) is 38.8 Å². The number of hydrogen-bond donors (Lipinski definition) is 1. The molecule has 0 unspecified atom stereocenters. The Labute approximate surface area is 122 Å². The zero-order valence-corrected chi connectivity index (χ0v) is 12.5. The topological polar surface area (TPSA) is 73.5 Å². The van der Waals surface area contributed by atoms with E-state index in [1.165, 1.54) is 13.3 Å². The van der Waals surface area contributed by atoms with Crippen molar-refractivity contribution in [1.82, 2.24) is 9.97 Å². The van der Waals surface area contributed by atoms with E-state index in [9.17, 15) is 0 Å². The largest absolute Gasteiger partial charge is 0.467 e. The van der Waals surface area contributed by atoms with Gasteiger partial charge in [0.2, 0.25) is 0 Å². The first-order valence-electron chi connectivity index (χ1n) is 5.67. The molecule has 2 N–H and O–H groups in total. The molecule has 1 rings (SSSR count). The lowest BCUT2D eigenvalue weighted by atomic mass is 10.3. The molecule has 0 aliphatic carbocycles. The predicted octanol–water partition coefficient (Wildman–Crippen LogP) is 1.27. The van der Waals surface area contributed by atoms with Gasteiger partial charge in [0.05, 0.1) is 24.9 Å². The normalized spacial score (nSPS) is 10.3. The van der Waals surface area contributed by atoms with Crippen LogP contribution in [0.15, 0.2) is 6.20 Å². The fourth-order valence-corrected chi connectivity index (χ4v) is 1.73. The van der Waals surface area contributed by atoms with Crippen molar-refractivity contribution in [1.29, 1.82) is 0 Å². The first-order valence-corrected chi connectivity index (χ1v) is 6.45. The third kappa shape index (κ3) is 5.14. The van der Waals surface area contributed by atoms with Crippen LogP contribution in [0.25, 0.3) is 0 Å². The summed E-state index contributed by atoms with van der Waals surface area (Å²) in [6.45, 7) is 1.78. The van der Waals surface area contributed by atoms with Crippen LogP contribution in [0.1, 0.15) is 6.42 Å². The van der Waals surface area contributed by atoms with Crippen LogP contribution in [0.3, 0.4) is 0 Å². The molecule has 1 heterocycles. The lowest BCUT2D eigenvalue weighted by molar-refractivity contribution is 0.205. The van der Waals surface area contributed by atoms with Crippen molar-refractivity contribution in [2.24, 2.45) is 5.73 Å². The molecule has 8 heteroatoms. The molecule has 0 spiro atoms. The summed E-state index contributed by atoms with van der Waals surface area (Å²) in [6.07, 6.45) is 2.07. The minimum atomic E-state index is 0.261. The van der Waals surface area contributed by atoms with E-state index in [2.05, 4.69) is 9.97 Å². The Kier molecular flexibility index (Phi) is 6.75. The van der Waals surface area contributed by atoms with Gasteiger partial charge < -0.3 is 20.1 Å². The van der Waals surface area contributed by atoms with Crippen molar-refractivity contribution in [3.63, 3.8) is 0 Å². The second-order valence-corrected chi connectivity index (χ2v) is 4.66. The quantitative estimate of drug-likeness (QED) is 0.725. The summed E-state index contributed by atoms with van der Waals surface area (Å²) in [4.78, 5) is 10.6. The van der Waals surface area contributed by atoms with Crippen molar-refractivity contribution in [2.45, 2.75) is 6.42 Å². The molecule has 0 aliphatic rings. The number of methoxy groups -OCH3 is 2. The maximum atomic E-state index is 6.12. The fourth-order valence-electron chi connectivity index (χ4n) is 1.43. The summed E-state index contributed by atoms with van der Waals surface area (Å²) in [5, 5.41) is 0.444. The van der Waals surface area contributed by atoms with E-state index in [0.717, 1.165) is 0 Å². The molecule has 0 bridgehead atoms. The van der Waals surface area contributed by atoms with Gasteiger partial charge in [-0.2, -0.15) is 4.98 Å². The van der Waals surface area contributed by atoms with Crippen LogP contribution in [-0.4, -0.2) is 48.9 Å². The molecular formula is C11H17ClN4O2S. The molecule has 0 amide bonds. The summed E-state index contributed by atoms with van der Waals surface area (Å²) in [6, 6.07) is 0.261. The highest BCUT2D eigenvalue weighted by Crippen LogP contribution is 2.24. The van der Waals surface area contributed by atoms with Crippen LogP contribution in [0.2, 0.25) is 5.02 Å². The van der Waals surface area contributed by atoms with E-state index in [0.29, 0.717) is 41.9 Å². The zero-order valence-electron chi connectivity index (χ0n) is 10.9. The fraction of sp³-hybridized carbons (Fsp3) is 0.545. The van der Waals surface area contributed by atoms with Crippen LogP contribution in [0.4, 0.5) is 5.82 Å². The average molecular weight is 305 g/mol. The van der Waals surface area contributed by atoms with Gasteiger partial charge in [0.1, 0.15) is 5.02 Å². The van der Waals surface area contributed by atoms with Gasteiger partial charge >= 0.3 is 6.01 Å². The first kappa shape index (κ1) is 15.9. The Hall–Kier alpha value is -1.18. The molecule has 0 saturated heterocycles. The van der Waals surface area contributed by atoms with Crippen LogP contribution < -0.4 is 15.4 Å². The highest BCUT2D eigenvalue weighted by atomic mass is 35.5. The molecule has 0 aromatic carbocycles. The molecule has 0 aliphatic heterocycles. The summed E-state index contributed by atoms with van der Waals surface area (Å²) < 4.78 is 10.1. The molecule has 106 valence electrons. The summed E-state index contributed by atoms with van der Waals surface area (Å²) in [5.41, 5.74) is 5.52. The Bertz CT molecular complexity index is 433. The number of nitrogens with two attached hydrogens (primary N) is 1. The minimum Gasteiger partial charge on any atom is -0.467 e. The smallest absolute Gasteiger partial charge is 0.318 e.